The second-order valence-electron chi connectivity index (χ2n) is 4.84. The van der Waals surface area contributed by atoms with Gasteiger partial charge in [0.05, 0.1) is 22.8 Å². The number of hydrogen-bond donors (Lipinski definition) is 2. The van der Waals surface area contributed by atoms with E-state index in [1.165, 1.54) is 25.3 Å². The van der Waals surface area contributed by atoms with Gasteiger partial charge < -0.3 is 15.4 Å². The zero-order chi connectivity index (χ0) is 17.9. The molecule has 24 heavy (non-hydrogen) atoms. The van der Waals surface area contributed by atoms with Crippen LogP contribution in [0.2, 0.25) is 15.1 Å². The van der Waals surface area contributed by atoms with Gasteiger partial charge in [0, 0.05) is 16.8 Å². The van der Waals surface area contributed by atoms with Gasteiger partial charge in [-0.05, 0) is 36.8 Å². The molecule has 0 unspecified atom stereocenters. The second-order valence-corrected chi connectivity index (χ2v) is 6.06. The van der Waals surface area contributed by atoms with Gasteiger partial charge in [-0.15, -0.1) is 0 Å². The fourth-order valence-corrected chi connectivity index (χ4v) is 2.32. The van der Waals surface area contributed by atoms with Gasteiger partial charge in [0.25, 0.3) is 0 Å². The van der Waals surface area contributed by atoms with E-state index in [0.717, 1.165) is 5.56 Å². The molecule has 0 atom stereocenters. The maximum absolute atomic E-state index is 12.1. The zero-order valence-corrected chi connectivity index (χ0v) is 15.0. The van der Waals surface area contributed by atoms with Crippen LogP contribution >= 0.6 is 34.8 Å². The number of ether oxygens (including phenoxy) is 1. The van der Waals surface area contributed by atoms with Crippen LogP contribution in [0.5, 0.6) is 5.75 Å². The SMILES string of the molecule is COc1cc(Cl)c(C)cc1NC(=O)C(=O)Nc1ccc(Cl)c(Cl)c1. The number of nitrogens with one attached hydrogen (secondary N) is 2. The Labute approximate surface area is 153 Å². The summed E-state index contributed by atoms with van der Waals surface area (Å²) >= 11 is 17.7. The summed E-state index contributed by atoms with van der Waals surface area (Å²) in [6, 6.07) is 7.67. The van der Waals surface area contributed by atoms with Gasteiger partial charge >= 0.3 is 11.8 Å². The van der Waals surface area contributed by atoms with Gasteiger partial charge in [-0.2, -0.15) is 0 Å². The van der Waals surface area contributed by atoms with Gasteiger partial charge in [0.2, 0.25) is 0 Å². The first-order valence-corrected chi connectivity index (χ1v) is 7.86. The third kappa shape index (κ3) is 4.32. The quantitative estimate of drug-likeness (QED) is 0.760. The molecule has 8 heteroatoms. The highest BCUT2D eigenvalue weighted by molar-refractivity contribution is 6.44. The lowest BCUT2D eigenvalue weighted by atomic mass is 10.2. The molecule has 0 radical (unpaired) electrons. The normalized spacial score (nSPS) is 10.2. The number of carbonyl (C=O) groups is 2. The van der Waals surface area contributed by atoms with Crippen molar-refractivity contribution in [2.45, 2.75) is 6.92 Å². The first-order valence-electron chi connectivity index (χ1n) is 6.73. The molecule has 0 saturated carbocycles. The standard InChI is InChI=1S/C16H13Cl3N2O3/c1-8-5-13(14(24-2)7-11(8)18)21-16(23)15(22)20-9-3-4-10(17)12(19)6-9/h3-7H,1-2H3,(H,20,22)(H,21,23). The second kappa shape index (κ2) is 7.75. The number of halogens is 3. The molecule has 0 fully saturated rings. The average Bonchev–Trinajstić information content (AvgIpc) is 2.54. The Morgan fingerprint density at radius 1 is 0.917 bits per heavy atom. The van der Waals surface area contributed by atoms with Crippen molar-refractivity contribution in [2.24, 2.45) is 0 Å². The van der Waals surface area contributed by atoms with E-state index in [4.69, 9.17) is 39.5 Å². The fourth-order valence-electron chi connectivity index (χ4n) is 1.87. The Morgan fingerprint density at radius 3 is 2.21 bits per heavy atom. The molecule has 2 amide bonds. The third-order valence-corrected chi connectivity index (χ3v) is 4.26. The van der Waals surface area contributed by atoms with Crippen molar-refractivity contribution in [3.8, 4) is 5.75 Å². The van der Waals surface area contributed by atoms with Crippen LogP contribution in [0.1, 0.15) is 5.56 Å². The predicted octanol–water partition coefficient (Wildman–Crippen LogP) is 4.54. The summed E-state index contributed by atoms with van der Waals surface area (Å²) in [5.41, 5.74) is 1.43. The number of carbonyl (C=O) groups excluding carboxylic acids is 2. The van der Waals surface area contributed by atoms with Gasteiger partial charge in [-0.25, -0.2) is 0 Å². The van der Waals surface area contributed by atoms with Gasteiger partial charge in [0.15, 0.2) is 0 Å². The topological polar surface area (TPSA) is 67.4 Å². The lowest BCUT2D eigenvalue weighted by molar-refractivity contribution is -0.133. The van der Waals surface area contributed by atoms with E-state index in [1.54, 1.807) is 19.1 Å². The summed E-state index contributed by atoms with van der Waals surface area (Å²) < 4.78 is 5.15. The number of anilines is 2. The average molecular weight is 388 g/mol. The highest BCUT2D eigenvalue weighted by atomic mass is 35.5. The minimum Gasteiger partial charge on any atom is -0.495 e. The van der Waals surface area contributed by atoms with Gasteiger partial charge in [-0.1, -0.05) is 34.8 Å². The van der Waals surface area contributed by atoms with Crippen molar-refractivity contribution in [1.29, 1.82) is 0 Å². The molecule has 2 aromatic rings. The largest absolute Gasteiger partial charge is 0.495 e. The number of methoxy groups -OCH3 is 1. The molecule has 0 spiro atoms. The van der Waals surface area contributed by atoms with E-state index in [1.807, 2.05) is 0 Å². The summed E-state index contributed by atoms with van der Waals surface area (Å²) in [6.07, 6.45) is 0. The van der Waals surface area contributed by atoms with Crippen LogP contribution in [-0.2, 0) is 9.59 Å². The number of amides is 2. The van der Waals surface area contributed by atoms with E-state index in [-0.39, 0.29) is 5.02 Å². The van der Waals surface area contributed by atoms with E-state index in [0.29, 0.717) is 27.2 Å². The molecule has 0 aliphatic rings. The number of aryl methyl sites for hydroxylation is 1. The zero-order valence-electron chi connectivity index (χ0n) is 12.7. The van der Waals surface area contributed by atoms with Crippen molar-refractivity contribution in [3.05, 3.63) is 51.0 Å². The Morgan fingerprint density at radius 2 is 1.58 bits per heavy atom. The van der Waals surface area contributed by atoms with Crippen molar-refractivity contribution in [3.63, 3.8) is 0 Å². The van der Waals surface area contributed by atoms with Crippen LogP contribution in [0, 0.1) is 6.92 Å². The lowest BCUT2D eigenvalue weighted by Gasteiger charge is -2.12. The van der Waals surface area contributed by atoms with Crippen molar-refractivity contribution in [1.82, 2.24) is 0 Å². The molecular weight excluding hydrogens is 375 g/mol. The van der Waals surface area contributed by atoms with Crippen molar-refractivity contribution >= 4 is 58.0 Å². The molecular formula is C16H13Cl3N2O3. The molecule has 2 rings (SSSR count). The maximum atomic E-state index is 12.1. The van der Waals surface area contributed by atoms with Gasteiger partial charge in [-0.3, -0.25) is 9.59 Å². The van der Waals surface area contributed by atoms with E-state index < -0.39 is 11.8 Å². The van der Waals surface area contributed by atoms with E-state index in [2.05, 4.69) is 10.6 Å². The molecule has 0 bridgehead atoms. The molecule has 0 heterocycles. The lowest BCUT2D eigenvalue weighted by Crippen LogP contribution is -2.29. The van der Waals surface area contributed by atoms with Crippen LogP contribution in [0.4, 0.5) is 11.4 Å². The van der Waals surface area contributed by atoms with Crippen molar-refractivity contribution in [2.75, 3.05) is 17.7 Å². The number of rotatable bonds is 3. The minimum absolute atomic E-state index is 0.268. The van der Waals surface area contributed by atoms with Crippen LogP contribution in [0.3, 0.4) is 0 Å². The maximum Gasteiger partial charge on any atom is 0.314 e. The summed E-state index contributed by atoms with van der Waals surface area (Å²) in [5.74, 6) is -1.37. The Bertz CT molecular complexity index is 809. The highest BCUT2D eigenvalue weighted by Crippen LogP contribution is 2.31. The molecule has 2 aromatic carbocycles. The smallest absolute Gasteiger partial charge is 0.314 e. The molecule has 0 aliphatic carbocycles. The number of hydrogen-bond acceptors (Lipinski definition) is 3. The summed E-state index contributed by atoms with van der Waals surface area (Å²) in [5, 5.41) is 6.02. The fraction of sp³-hybridized carbons (Fsp3) is 0.125. The first kappa shape index (κ1) is 18.4. The number of benzene rings is 2. The third-order valence-electron chi connectivity index (χ3n) is 3.11. The van der Waals surface area contributed by atoms with Crippen LogP contribution in [-0.4, -0.2) is 18.9 Å². The highest BCUT2D eigenvalue weighted by Gasteiger charge is 2.17. The van der Waals surface area contributed by atoms with E-state index >= 15 is 0 Å². The van der Waals surface area contributed by atoms with Crippen LogP contribution in [0.15, 0.2) is 30.3 Å². The first-order chi connectivity index (χ1) is 11.3. The monoisotopic (exact) mass is 386 g/mol. The Balaban J connectivity index is 2.13. The summed E-state index contributed by atoms with van der Waals surface area (Å²) in [4.78, 5) is 24.1. The predicted molar refractivity (Wildman–Crippen MR) is 96.5 cm³/mol. The molecule has 0 saturated heterocycles. The van der Waals surface area contributed by atoms with Crippen LogP contribution in [0.25, 0.3) is 0 Å². The minimum atomic E-state index is -0.860. The van der Waals surface area contributed by atoms with E-state index in [9.17, 15) is 9.59 Å². The Kier molecular flexibility index (Phi) is 5.94. The molecule has 126 valence electrons. The van der Waals surface area contributed by atoms with Crippen LogP contribution < -0.4 is 15.4 Å². The molecule has 5 nitrogen and oxygen atoms in total. The summed E-state index contributed by atoms with van der Waals surface area (Å²) in [7, 11) is 1.44. The molecule has 0 aliphatic heterocycles. The summed E-state index contributed by atoms with van der Waals surface area (Å²) in [6.45, 7) is 1.77. The molecule has 2 N–H and O–H groups in total. The molecule has 0 aromatic heterocycles. The van der Waals surface area contributed by atoms with Gasteiger partial charge in [0.1, 0.15) is 5.75 Å². The Hall–Kier alpha value is -1.95. The van der Waals surface area contributed by atoms with Crippen molar-refractivity contribution < 1.29 is 14.3 Å².